The third-order valence-corrected chi connectivity index (χ3v) is 5.70. The Labute approximate surface area is 158 Å². The van der Waals surface area contributed by atoms with Crippen LogP contribution in [0.3, 0.4) is 0 Å². The molecule has 0 aromatic heterocycles. The Hall–Kier alpha value is -1.31. The second-order valence-corrected chi connectivity index (χ2v) is 7.96. The maximum absolute atomic E-state index is 6.21. The SMILES string of the molecule is CC(C)C(C)(CCCNCCCc1ccccc1)c1cccc(Cl)c1. The molecule has 1 N–H and O–H groups in total. The Morgan fingerprint density at radius 1 is 0.960 bits per heavy atom. The minimum Gasteiger partial charge on any atom is -0.317 e. The van der Waals surface area contributed by atoms with E-state index in [1.54, 1.807) is 0 Å². The Kier molecular flexibility index (Phi) is 7.99. The molecule has 0 aliphatic rings. The van der Waals surface area contributed by atoms with E-state index >= 15 is 0 Å². The van der Waals surface area contributed by atoms with E-state index in [-0.39, 0.29) is 5.41 Å². The van der Waals surface area contributed by atoms with Gasteiger partial charge in [0.15, 0.2) is 0 Å². The highest BCUT2D eigenvalue weighted by Crippen LogP contribution is 2.37. The van der Waals surface area contributed by atoms with Gasteiger partial charge in [-0.25, -0.2) is 0 Å². The first-order valence-electron chi connectivity index (χ1n) is 9.53. The summed E-state index contributed by atoms with van der Waals surface area (Å²) in [6.07, 6.45) is 4.71. The highest BCUT2D eigenvalue weighted by Gasteiger charge is 2.29. The minimum atomic E-state index is 0.177. The van der Waals surface area contributed by atoms with Gasteiger partial charge in [-0.05, 0) is 73.4 Å². The number of halogens is 1. The molecule has 0 heterocycles. The number of hydrogen-bond donors (Lipinski definition) is 1. The second kappa shape index (κ2) is 9.99. The van der Waals surface area contributed by atoms with Gasteiger partial charge in [-0.2, -0.15) is 0 Å². The van der Waals surface area contributed by atoms with Gasteiger partial charge in [0.2, 0.25) is 0 Å². The normalized spacial score (nSPS) is 13.8. The van der Waals surface area contributed by atoms with Crippen LogP contribution in [0.5, 0.6) is 0 Å². The highest BCUT2D eigenvalue weighted by molar-refractivity contribution is 6.30. The summed E-state index contributed by atoms with van der Waals surface area (Å²) in [7, 11) is 0. The molecular formula is C23H32ClN. The quantitative estimate of drug-likeness (QED) is 0.495. The van der Waals surface area contributed by atoms with E-state index in [1.807, 2.05) is 6.07 Å². The molecule has 2 aromatic rings. The molecule has 0 aliphatic carbocycles. The van der Waals surface area contributed by atoms with Crippen LogP contribution < -0.4 is 5.32 Å². The summed E-state index contributed by atoms with van der Waals surface area (Å²) >= 11 is 6.21. The molecule has 0 saturated carbocycles. The molecule has 1 nitrogen and oxygen atoms in total. The van der Waals surface area contributed by atoms with E-state index < -0.39 is 0 Å². The fourth-order valence-corrected chi connectivity index (χ4v) is 3.57. The summed E-state index contributed by atoms with van der Waals surface area (Å²) < 4.78 is 0. The molecule has 136 valence electrons. The average molecular weight is 358 g/mol. The van der Waals surface area contributed by atoms with Crippen molar-refractivity contribution in [3.63, 3.8) is 0 Å². The molecule has 25 heavy (non-hydrogen) atoms. The fourth-order valence-electron chi connectivity index (χ4n) is 3.38. The van der Waals surface area contributed by atoms with E-state index in [9.17, 15) is 0 Å². The van der Waals surface area contributed by atoms with Gasteiger partial charge in [0.05, 0.1) is 0 Å². The molecule has 0 bridgehead atoms. The van der Waals surface area contributed by atoms with E-state index in [1.165, 1.54) is 30.4 Å². The first-order valence-corrected chi connectivity index (χ1v) is 9.91. The third-order valence-electron chi connectivity index (χ3n) is 5.47. The first kappa shape index (κ1) is 20.0. The van der Waals surface area contributed by atoms with Gasteiger partial charge >= 0.3 is 0 Å². The van der Waals surface area contributed by atoms with Gasteiger partial charge in [-0.1, -0.05) is 74.8 Å². The second-order valence-electron chi connectivity index (χ2n) is 7.53. The molecular weight excluding hydrogens is 326 g/mol. The monoisotopic (exact) mass is 357 g/mol. The molecule has 0 amide bonds. The van der Waals surface area contributed by atoms with Crippen LogP contribution in [0, 0.1) is 5.92 Å². The summed E-state index contributed by atoms with van der Waals surface area (Å²) in [6, 6.07) is 19.1. The zero-order valence-corrected chi connectivity index (χ0v) is 16.7. The number of nitrogens with one attached hydrogen (secondary N) is 1. The molecule has 0 radical (unpaired) electrons. The molecule has 1 atom stereocenters. The van der Waals surface area contributed by atoms with Crippen LogP contribution in [-0.2, 0) is 11.8 Å². The van der Waals surface area contributed by atoms with E-state index in [0.29, 0.717) is 5.92 Å². The summed E-state index contributed by atoms with van der Waals surface area (Å²) in [6.45, 7) is 9.17. The van der Waals surface area contributed by atoms with Gasteiger partial charge in [0, 0.05) is 5.02 Å². The molecule has 0 aliphatic heterocycles. The summed E-state index contributed by atoms with van der Waals surface area (Å²) in [4.78, 5) is 0. The summed E-state index contributed by atoms with van der Waals surface area (Å²) in [5.41, 5.74) is 2.97. The number of rotatable bonds is 10. The van der Waals surface area contributed by atoms with Gasteiger partial charge in [-0.15, -0.1) is 0 Å². The maximum Gasteiger partial charge on any atom is 0.0408 e. The van der Waals surface area contributed by atoms with Gasteiger partial charge in [0.1, 0.15) is 0 Å². The van der Waals surface area contributed by atoms with Crippen molar-refractivity contribution in [2.75, 3.05) is 13.1 Å². The standard InChI is InChI=1S/C23H32ClN/c1-19(2)23(3,21-13-7-14-22(24)18-21)15-9-17-25-16-8-12-20-10-5-4-6-11-20/h4-7,10-11,13-14,18-19,25H,8-9,12,15-17H2,1-3H3. The lowest BCUT2D eigenvalue weighted by molar-refractivity contribution is 0.304. The first-order chi connectivity index (χ1) is 12.0. The van der Waals surface area contributed by atoms with E-state index in [2.05, 4.69) is 74.6 Å². The Bertz CT molecular complexity index is 623. The van der Waals surface area contributed by atoms with Crippen molar-refractivity contribution in [3.8, 4) is 0 Å². The van der Waals surface area contributed by atoms with Crippen molar-refractivity contribution in [1.29, 1.82) is 0 Å². The van der Waals surface area contributed by atoms with Crippen molar-refractivity contribution in [2.24, 2.45) is 5.92 Å². The van der Waals surface area contributed by atoms with Gasteiger partial charge < -0.3 is 5.32 Å². The molecule has 2 rings (SSSR count). The van der Waals surface area contributed by atoms with Crippen molar-refractivity contribution < 1.29 is 0 Å². The topological polar surface area (TPSA) is 12.0 Å². The smallest absolute Gasteiger partial charge is 0.0408 e. The maximum atomic E-state index is 6.21. The van der Waals surface area contributed by atoms with Gasteiger partial charge in [0.25, 0.3) is 0 Å². The number of aryl methyl sites for hydroxylation is 1. The van der Waals surface area contributed by atoms with E-state index in [4.69, 9.17) is 11.6 Å². The van der Waals surface area contributed by atoms with Crippen molar-refractivity contribution >= 4 is 11.6 Å². The fraction of sp³-hybridized carbons (Fsp3) is 0.478. The number of hydrogen-bond acceptors (Lipinski definition) is 1. The Morgan fingerprint density at radius 3 is 2.36 bits per heavy atom. The average Bonchev–Trinajstić information content (AvgIpc) is 2.61. The van der Waals surface area contributed by atoms with Crippen LogP contribution in [0.4, 0.5) is 0 Å². The lowest BCUT2D eigenvalue weighted by atomic mass is 9.70. The highest BCUT2D eigenvalue weighted by atomic mass is 35.5. The largest absolute Gasteiger partial charge is 0.317 e. The summed E-state index contributed by atoms with van der Waals surface area (Å²) in [5.74, 6) is 0.587. The van der Waals surface area contributed by atoms with Crippen LogP contribution in [-0.4, -0.2) is 13.1 Å². The minimum absolute atomic E-state index is 0.177. The third kappa shape index (κ3) is 6.17. The zero-order valence-electron chi connectivity index (χ0n) is 15.9. The molecule has 0 spiro atoms. The summed E-state index contributed by atoms with van der Waals surface area (Å²) in [5, 5.41) is 4.44. The van der Waals surface area contributed by atoms with Crippen molar-refractivity contribution in [2.45, 2.75) is 51.9 Å². The van der Waals surface area contributed by atoms with Crippen LogP contribution in [0.15, 0.2) is 54.6 Å². The molecule has 0 saturated heterocycles. The molecule has 0 fully saturated rings. The van der Waals surface area contributed by atoms with Crippen LogP contribution in [0.25, 0.3) is 0 Å². The zero-order chi connectivity index (χ0) is 18.1. The van der Waals surface area contributed by atoms with Gasteiger partial charge in [-0.3, -0.25) is 0 Å². The van der Waals surface area contributed by atoms with Crippen LogP contribution >= 0.6 is 11.6 Å². The molecule has 2 aromatic carbocycles. The van der Waals surface area contributed by atoms with Crippen LogP contribution in [0.1, 0.15) is 51.2 Å². The van der Waals surface area contributed by atoms with Crippen molar-refractivity contribution in [1.82, 2.24) is 5.32 Å². The Balaban J connectivity index is 1.73. The lowest BCUT2D eigenvalue weighted by Gasteiger charge is -2.35. The molecule has 1 unspecified atom stereocenters. The predicted octanol–water partition coefficient (Wildman–Crippen LogP) is 6.26. The lowest BCUT2D eigenvalue weighted by Crippen LogP contribution is -2.30. The van der Waals surface area contributed by atoms with Crippen molar-refractivity contribution in [3.05, 3.63) is 70.7 Å². The Morgan fingerprint density at radius 2 is 1.68 bits per heavy atom. The van der Waals surface area contributed by atoms with Crippen LogP contribution in [0.2, 0.25) is 5.02 Å². The molecule has 2 heteroatoms. The van der Waals surface area contributed by atoms with E-state index in [0.717, 1.165) is 24.5 Å². The predicted molar refractivity (Wildman–Crippen MR) is 111 cm³/mol. The number of benzene rings is 2.